The first-order chi connectivity index (χ1) is 19.9. The van der Waals surface area contributed by atoms with Crippen LogP contribution in [0.25, 0.3) is 11.0 Å². The molecule has 0 saturated carbocycles. The Hall–Kier alpha value is -4.25. The van der Waals surface area contributed by atoms with E-state index in [2.05, 4.69) is 27.1 Å². The molecule has 0 bridgehead atoms. The molecular weight excluding hydrogens is 524 g/mol. The van der Waals surface area contributed by atoms with Crippen molar-refractivity contribution in [1.82, 2.24) is 14.9 Å². The topological polar surface area (TPSA) is 124 Å². The molecule has 2 amide bonds. The van der Waals surface area contributed by atoms with Crippen molar-refractivity contribution in [2.24, 2.45) is 5.92 Å². The number of benzene rings is 3. The molecule has 10 heteroatoms. The van der Waals surface area contributed by atoms with Crippen molar-refractivity contribution >= 4 is 28.7 Å². The quantitative estimate of drug-likeness (QED) is 0.254. The lowest BCUT2D eigenvalue weighted by atomic mass is 9.90. The summed E-state index contributed by atoms with van der Waals surface area (Å²) < 4.78 is 20.0. The number of fused-ring (bicyclic) bond motifs is 1. The lowest BCUT2D eigenvalue weighted by Gasteiger charge is -2.41. The third-order valence-electron chi connectivity index (χ3n) is 7.17. The van der Waals surface area contributed by atoms with Crippen LogP contribution < -0.4 is 10.6 Å². The van der Waals surface area contributed by atoms with Gasteiger partial charge in [0.05, 0.1) is 49.3 Å². The molecule has 4 aromatic rings. The van der Waals surface area contributed by atoms with Gasteiger partial charge in [0.1, 0.15) is 6.54 Å². The Labute approximate surface area is 238 Å². The summed E-state index contributed by atoms with van der Waals surface area (Å²) in [7, 11) is 0. The van der Waals surface area contributed by atoms with Gasteiger partial charge in [-0.1, -0.05) is 55.5 Å². The van der Waals surface area contributed by atoms with E-state index in [1.54, 1.807) is 19.1 Å². The average Bonchev–Trinajstić information content (AvgIpc) is 3.40. The molecule has 1 fully saturated rings. The number of para-hydroxylation sites is 2. The number of esters is 1. The third-order valence-corrected chi connectivity index (χ3v) is 7.17. The van der Waals surface area contributed by atoms with Gasteiger partial charge < -0.3 is 34.5 Å². The van der Waals surface area contributed by atoms with E-state index in [4.69, 9.17) is 14.2 Å². The number of urea groups is 1. The normalized spacial score (nSPS) is 20.5. The maximum absolute atomic E-state index is 12.2. The summed E-state index contributed by atoms with van der Waals surface area (Å²) >= 11 is 0. The molecule has 3 N–H and O–H groups in total. The molecule has 0 radical (unpaired) electrons. The zero-order valence-electron chi connectivity index (χ0n) is 23.0. The van der Waals surface area contributed by atoms with E-state index in [9.17, 15) is 14.7 Å². The average molecular weight is 559 g/mol. The molecule has 10 nitrogen and oxygen atoms in total. The van der Waals surface area contributed by atoms with Crippen molar-refractivity contribution in [3.8, 4) is 0 Å². The smallest absolute Gasteiger partial charge is 0.325 e. The highest BCUT2D eigenvalue weighted by Crippen LogP contribution is 2.42. The number of carbonyl (C=O) groups is 2. The molecule has 1 aromatic heterocycles. The first kappa shape index (κ1) is 28.3. The second-order valence-electron chi connectivity index (χ2n) is 9.94. The summed E-state index contributed by atoms with van der Waals surface area (Å²) in [5, 5.41) is 14.7. The highest BCUT2D eigenvalue weighted by molar-refractivity contribution is 5.91. The van der Waals surface area contributed by atoms with Gasteiger partial charge in [-0.15, -0.1) is 0 Å². The van der Waals surface area contributed by atoms with Crippen LogP contribution >= 0.6 is 0 Å². The monoisotopic (exact) mass is 558 g/mol. The second kappa shape index (κ2) is 12.9. The molecule has 1 saturated heterocycles. The molecule has 0 spiro atoms. The number of carbonyl (C=O) groups excluding carboxylic acids is 2. The van der Waals surface area contributed by atoms with Crippen LogP contribution in [0.4, 0.5) is 10.5 Å². The van der Waals surface area contributed by atoms with Gasteiger partial charge in [-0.25, -0.2) is 9.78 Å². The standard InChI is InChI=1S/C31H34N4O6/c1-3-39-28(37)16-32-31(38)34-24-14-12-23(13-15-24)30-40-27(17-35-19-33-25-6-4-5-7-26(25)35)20(2)29(41-30)22-10-8-21(18-36)9-11-22/h4-15,19-20,27,29-30,36H,3,16-18H2,1-2H3,(H2,32,34,38)/t20-,27+,29+,30+/m0/s1. The summed E-state index contributed by atoms with van der Waals surface area (Å²) in [4.78, 5) is 28.2. The van der Waals surface area contributed by atoms with Gasteiger partial charge in [0.2, 0.25) is 0 Å². The Morgan fingerprint density at radius 1 is 1.00 bits per heavy atom. The number of aromatic nitrogens is 2. The van der Waals surface area contributed by atoms with Crippen molar-refractivity contribution < 1.29 is 28.9 Å². The number of ether oxygens (including phenoxy) is 3. The minimum Gasteiger partial charge on any atom is -0.465 e. The SMILES string of the molecule is CCOC(=O)CNC(=O)Nc1ccc([C@@H]2O[C@H](Cn3cnc4ccccc43)[C@H](C)[C@H](c3ccc(CO)cc3)O2)cc1. The number of anilines is 1. The number of aliphatic hydroxyl groups excluding tert-OH is 1. The number of rotatable bonds is 9. The van der Waals surface area contributed by atoms with E-state index in [1.165, 1.54) is 0 Å². The Kier molecular flexibility index (Phi) is 8.93. The minimum absolute atomic E-state index is 0.0106. The Balaban J connectivity index is 1.34. The fourth-order valence-corrected chi connectivity index (χ4v) is 4.94. The Morgan fingerprint density at radius 3 is 2.46 bits per heavy atom. The van der Waals surface area contributed by atoms with E-state index < -0.39 is 18.3 Å². The predicted molar refractivity (Wildman–Crippen MR) is 153 cm³/mol. The Bertz CT molecular complexity index is 1470. The van der Waals surface area contributed by atoms with Crippen molar-refractivity contribution in [2.45, 2.75) is 45.5 Å². The van der Waals surface area contributed by atoms with Crippen molar-refractivity contribution in [3.63, 3.8) is 0 Å². The molecule has 0 aliphatic carbocycles. The number of hydrogen-bond acceptors (Lipinski definition) is 7. The van der Waals surface area contributed by atoms with Crippen LogP contribution in [0, 0.1) is 5.92 Å². The summed E-state index contributed by atoms with van der Waals surface area (Å²) in [6, 6.07) is 22.5. The maximum Gasteiger partial charge on any atom is 0.325 e. The summed E-state index contributed by atoms with van der Waals surface area (Å²) in [5.74, 6) is -0.492. The van der Waals surface area contributed by atoms with Gasteiger partial charge >= 0.3 is 12.0 Å². The fraction of sp³-hybridized carbons (Fsp3) is 0.323. The van der Waals surface area contributed by atoms with Crippen LogP contribution in [0.3, 0.4) is 0 Å². The first-order valence-corrected chi connectivity index (χ1v) is 13.7. The minimum atomic E-state index is -0.653. The highest BCUT2D eigenvalue weighted by atomic mass is 16.7. The van der Waals surface area contributed by atoms with E-state index in [0.29, 0.717) is 12.2 Å². The summed E-state index contributed by atoms with van der Waals surface area (Å²) in [6.45, 7) is 4.43. The molecule has 4 atom stereocenters. The number of amides is 2. The van der Waals surface area contributed by atoms with Gasteiger partial charge in [0.15, 0.2) is 6.29 Å². The number of nitrogens with one attached hydrogen (secondary N) is 2. The Morgan fingerprint density at radius 2 is 1.73 bits per heavy atom. The van der Waals surface area contributed by atoms with Gasteiger partial charge in [-0.05, 0) is 42.3 Å². The van der Waals surface area contributed by atoms with Crippen molar-refractivity contribution in [2.75, 3.05) is 18.5 Å². The van der Waals surface area contributed by atoms with Crippen LogP contribution in [-0.2, 0) is 32.2 Å². The van der Waals surface area contributed by atoms with E-state index in [0.717, 1.165) is 27.7 Å². The summed E-state index contributed by atoms with van der Waals surface area (Å²) in [6.07, 6.45) is 0.734. The molecule has 214 valence electrons. The van der Waals surface area contributed by atoms with Crippen LogP contribution in [0.15, 0.2) is 79.1 Å². The van der Waals surface area contributed by atoms with E-state index in [-0.39, 0.29) is 37.9 Å². The maximum atomic E-state index is 12.2. The van der Waals surface area contributed by atoms with E-state index in [1.807, 2.05) is 67.0 Å². The van der Waals surface area contributed by atoms with Crippen LogP contribution in [0.2, 0.25) is 0 Å². The first-order valence-electron chi connectivity index (χ1n) is 13.7. The van der Waals surface area contributed by atoms with Crippen LogP contribution in [-0.4, -0.2) is 45.9 Å². The molecule has 41 heavy (non-hydrogen) atoms. The van der Waals surface area contributed by atoms with Crippen LogP contribution in [0.1, 0.15) is 42.9 Å². The van der Waals surface area contributed by atoms with Gasteiger partial charge in [0, 0.05) is 17.2 Å². The molecule has 3 aromatic carbocycles. The molecule has 0 unspecified atom stereocenters. The predicted octanol–water partition coefficient (Wildman–Crippen LogP) is 4.70. The molecule has 1 aliphatic heterocycles. The number of hydrogen-bond donors (Lipinski definition) is 3. The molecular formula is C31H34N4O6. The largest absolute Gasteiger partial charge is 0.465 e. The number of imidazole rings is 1. The highest BCUT2D eigenvalue weighted by Gasteiger charge is 2.38. The zero-order valence-corrected chi connectivity index (χ0v) is 23.0. The third kappa shape index (κ3) is 6.74. The van der Waals surface area contributed by atoms with Crippen LogP contribution in [0.5, 0.6) is 0 Å². The van der Waals surface area contributed by atoms with Crippen molar-refractivity contribution in [3.05, 3.63) is 95.8 Å². The van der Waals surface area contributed by atoms with Gasteiger partial charge in [0.25, 0.3) is 0 Å². The second-order valence-corrected chi connectivity index (χ2v) is 9.94. The molecule has 1 aliphatic rings. The number of nitrogens with zero attached hydrogens (tertiary/aromatic N) is 2. The van der Waals surface area contributed by atoms with Gasteiger partial charge in [-0.2, -0.15) is 0 Å². The fourth-order valence-electron chi connectivity index (χ4n) is 4.94. The lowest BCUT2D eigenvalue weighted by Crippen LogP contribution is -2.39. The molecule has 5 rings (SSSR count). The van der Waals surface area contributed by atoms with E-state index >= 15 is 0 Å². The summed E-state index contributed by atoms with van der Waals surface area (Å²) in [5.41, 5.74) is 5.14. The lowest BCUT2D eigenvalue weighted by molar-refractivity contribution is -0.276. The molecule has 2 heterocycles. The zero-order chi connectivity index (χ0) is 28.8. The van der Waals surface area contributed by atoms with Crippen molar-refractivity contribution in [1.29, 1.82) is 0 Å². The number of aliphatic hydroxyl groups is 1. The van der Waals surface area contributed by atoms with Gasteiger partial charge in [-0.3, -0.25) is 4.79 Å².